The Bertz CT molecular complexity index is 445. The van der Waals surface area contributed by atoms with Gasteiger partial charge in [0.15, 0.2) is 0 Å². The monoisotopic (exact) mass is 290 g/mol. The zero-order valence-electron chi connectivity index (χ0n) is 11.9. The summed E-state index contributed by atoms with van der Waals surface area (Å²) in [5.41, 5.74) is 3.64. The van der Waals surface area contributed by atoms with E-state index in [0.29, 0.717) is 5.56 Å². The fourth-order valence-electron chi connectivity index (χ4n) is 2.41. The van der Waals surface area contributed by atoms with Crippen molar-refractivity contribution < 1.29 is 15.0 Å². The third kappa shape index (κ3) is 3.72. The number of carbonyl (C=O) groups excluding carboxylic acids is 1. The van der Waals surface area contributed by atoms with E-state index >= 15 is 0 Å². The first kappa shape index (κ1) is 18.0. The van der Waals surface area contributed by atoms with Gasteiger partial charge >= 0.3 is 5.97 Å². The number of aromatic nitrogens is 1. The van der Waals surface area contributed by atoms with Crippen LogP contribution in [-0.2, 0) is 4.74 Å². The van der Waals surface area contributed by atoms with E-state index in [2.05, 4.69) is 9.88 Å². The van der Waals surface area contributed by atoms with Crippen LogP contribution in [0.2, 0.25) is 0 Å². The number of hydrogen-bond acceptors (Lipinski definition) is 3. The molecule has 0 spiro atoms. The average Bonchev–Trinajstić information content (AvgIpc) is 2.73. The number of esters is 1. The van der Waals surface area contributed by atoms with E-state index in [0.717, 1.165) is 36.5 Å². The summed E-state index contributed by atoms with van der Waals surface area (Å²) >= 11 is 0. The van der Waals surface area contributed by atoms with E-state index in [1.54, 1.807) is 0 Å². The third-order valence-corrected chi connectivity index (χ3v) is 3.51. The Morgan fingerprint density at radius 1 is 1.32 bits per heavy atom. The largest absolute Gasteiger partial charge is 0.457 e. The van der Waals surface area contributed by atoms with Gasteiger partial charge < -0.3 is 20.1 Å². The van der Waals surface area contributed by atoms with E-state index in [1.165, 1.54) is 0 Å². The number of hydrogen-bond donors (Lipinski definition) is 1. The molecule has 1 aromatic heterocycles. The zero-order valence-corrected chi connectivity index (χ0v) is 12.7. The van der Waals surface area contributed by atoms with Crippen LogP contribution in [0.5, 0.6) is 0 Å². The first-order valence-corrected chi connectivity index (χ1v) is 6.04. The maximum absolute atomic E-state index is 12.1. The molecular formula is C13H23ClN2O3. The van der Waals surface area contributed by atoms with E-state index < -0.39 is 0 Å². The topological polar surface area (TPSA) is 76.8 Å². The highest BCUT2D eigenvalue weighted by Gasteiger charge is 2.26. The minimum atomic E-state index is -0.190. The summed E-state index contributed by atoms with van der Waals surface area (Å²) in [6, 6.07) is 0. The second-order valence-electron chi connectivity index (χ2n) is 4.95. The summed E-state index contributed by atoms with van der Waals surface area (Å²) in [4.78, 5) is 17.5. The lowest BCUT2D eigenvalue weighted by atomic mass is 10.1. The Morgan fingerprint density at radius 2 is 1.95 bits per heavy atom. The SMILES string of the molecule is Cc1[nH]c(C)c(C(=O)OC2CCN(C)C2)c1C.Cl.O. The molecule has 0 aliphatic carbocycles. The molecule has 1 aliphatic heterocycles. The van der Waals surface area contributed by atoms with Crippen molar-refractivity contribution in [1.82, 2.24) is 9.88 Å². The normalized spacial score (nSPS) is 18.6. The van der Waals surface area contributed by atoms with Crippen LogP contribution < -0.4 is 0 Å². The molecule has 19 heavy (non-hydrogen) atoms. The minimum absolute atomic E-state index is 0. The highest BCUT2D eigenvalue weighted by atomic mass is 35.5. The maximum Gasteiger partial charge on any atom is 0.340 e. The summed E-state index contributed by atoms with van der Waals surface area (Å²) in [6.45, 7) is 7.69. The van der Waals surface area contributed by atoms with Crippen LogP contribution in [-0.4, -0.2) is 47.6 Å². The van der Waals surface area contributed by atoms with Crippen LogP contribution in [0.15, 0.2) is 0 Å². The lowest BCUT2D eigenvalue weighted by Crippen LogP contribution is -2.22. The summed E-state index contributed by atoms with van der Waals surface area (Å²) in [5.74, 6) is -0.190. The highest BCUT2D eigenvalue weighted by molar-refractivity contribution is 5.93. The smallest absolute Gasteiger partial charge is 0.340 e. The molecule has 0 bridgehead atoms. The van der Waals surface area contributed by atoms with Crippen molar-refractivity contribution in [2.75, 3.05) is 20.1 Å². The number of halogens is 1. The van der Waals surface area contributed by atoms with E-state index in [-0.39, 0.29) is 30.0 Å². The molecule has 1 unspecified atom stereocenters. The van der Waals surface area contributed by atoms with Gasteiger partial charge in [-0.1, -0.05) is 0 Å². The van der Waals surface area contributed by atoms with Crippen molar-refractivity contribution in [3.63, 3.8) is 0 Å². The first-order valence-electron chi connectivity index (χ1n) is 6.04. The molecule has 0 saturated carbocycles. The van der Waals surface area contributed by atoms with Gasteiger partial charge in [-0.2, -0.15) is 0 Å². The Labute approximate surface area is 120 Å². The number of rotatable bonds is 2. The second-order valence-corrected chi connectivity index (χ2v) is 4.95. The number of nitrogens with one attached hydrogen (secondary N) is 1. The fraction of sp³-hybridized carbons (Fsp3) is 0.615. The van der Waals surface area contributed by atoms with Gasteiger partial charge in [-0.3, -0.25) is 0 Å². The molecule has 5 nitrogen and oxygen atoms in total. The lowest BCUT2D eigenvalue weighted by Gasteiger charge is -2.12. The molecule has 1 aromatic rings. The van der Waals surface area contributed by atoms with Crippen LogP contribution in [0.1, 0.15) is 33.7 Å². The maximum atomic E-state index is 12.1. The number of aromatic amines is 1. The Morgan fingerprint density at radius 3 is 2.37 bits per heavy atom. The van der Waals surface area contributed by atoms with Crippen molar-refractivity contribution in [3.8, 4) is 0 Å². The average molecular weight is 291 g/mol. The third-order valence-electron chi connectivity index (χ3n) is 3.51. The van der Waals surface area contributed by atoms with Gasteiger partial charge in [-0.05, 0) is 39.8 Å². The van der Waals surface area contributed by atoms with Crippen LogP contribution in [0.4, 0.5) is 0 Å². The van der Waals surface area contributed by atoms with Crippen LogP contribution in [0.3, 0.4) is 0 Å². The summed E-state index contributed by atoms with van der Waals surface area (Å²) in [5, 5.41) is 0. The van der Waals surface area contributed by atoms with Crippen LogP contribution in [0, 0.1) is 20.8 Å². The van der Waals surface area contributed by atoms with Gasteiger partial charge in [0.05, 0.1) is 5.56 Å². The van der Waals surface area contributed by atoms with Gasteiger partial charge in [0.1, 0.15) is 6.10 Å². The highest BCUT2D eigenvalue weighted by Crippen LogP contribution is 2.20. The van der Waals surface area contributed by atoms with Gasteiger partial charge in [0.2, 0.25) is 0 Å². The van der Waals surface area contributed by atoms with Crippen molar-refractivity contribution in [3.05, 3.63) is 22.5 Å². The zero-order chi connectivity index (χ0) is 12.6. The van der Waals surface area contributed by atoms with Crippen molar-refractivity contribution in [1.29, 1.82) is 0 Å². The standard InChI is InChI=1S/C13H20N2O2.ClH.H2O/c1-8-9(2)14-10(3)12(8)13(16)17-11-5-6-15(4)7-11;;/h11,14H,5-7H2,1-4H3;1H;1H2. The second kappa shape index (κ2) is 6.93. The van der Waals surface area contributed by atoms with Crippen molar-refractivity contribution in [2.45, 2.75) is 33.3 Å². The minimum Gasteiger partial charge on any atom is -0.457 e. The van der Waals surface area contributed by atoms with Gasteiger partial charge in [-0.15, -0.1) is 12.4 Å². The molecule has 1 fully saturated rings. The quantitative estimate of drug-likeness (QED) is 0.836. The molecular weight excluding hydrogens is 268 g/mol. The molecule has 1 atom stereocenters. The molecule has 110 valence electrons. The molecule has 0 aromatic carbocycles. The summed E-state index contributed by atoms with van der Waals surface area (Å²) < 4.78 is 5.54. The molecule has 2 rings (SSSR count). The van der Waals surface area contributed by atoms with E-state index in [9.17, 15) is 4.79 Å². The van der Waals surface area contributed by atoms with E-state index in [4.69, 9.17) is 4.74 Å². The molecule has 0 radical (unpaired) electrons. The number of likely N-dealkylation sites (N-methyl/N-ethyl adjacent to an activating group) is 1. The molecule has 6 heteroatoms. The van der Waals surface area contributed by atoms with Gasteiger partial charge in [-0.25, -0.2) is 4.79 Å². The number of H-pyrrole nitrogens is 1. The van der Waals surface area contributed by atoms with Gasteiger partial charge in [0, 0.05) is 24.5 Å². The molecule has 1 aliphatic rings. The van der Waals surface area contributed by atoms with Gasteiger partial charge in [0.25, 0.3) is 0 Å². The Balaban J connectivity index is 0.00000162. The number of nitrogens with zero attached hydrogens (tertiary/aromatic N) is 1. The molecule has 2 heterocycles. The van der Waals surface area contributed by atoms with Crippen molar-refractivity contribution in [2.24, 2.45) is 0 Å². The molecule has 1 saturated heterocycles. The lowest BCUT2D eigenvalue weighted by molar-refractivity contribution is 0.0325. The predicted octanol–water partition coefficient (Wildman–Crippen LogP) is 1.40. The van der Waals surface area contributed by atoms with Crippen LogP contribution >= 0.6 is 12.4 Å². The van der Waals surface area contributed by atoms with E-state index in [1.807, 2.05) is 27.8 Å². The number of ether oxygens (including phenoxy) is 1. The summed E-state index contributed by atoms with van der Waals surface area (Å²) in [6.07, 6.45) is 0.977. The Kier molecular flexibility index (Phi) is 6.55. The van der Waals surface area contributed by atoms with Crippen molar-refractivity contribution >= 4 is 18.4 Å². The summed E-state index contributed by atoms with van der Waals surface area (Å²) in [7, 11) is 2.05. The number of carbonyl (C=O) groups is 1. The Hall–Kier alpha value is -1.04. The fourth-order valence-corrected chi connectivity index (χ4v) is 2.41. The number of aryl methyl sites for hydroxylation is 2. The molecule has 0 amide bonds. The number of likely N-dealkylation sites (tertiary alicyclic amines) is 1. The molecule has 3 N–H and O–H groups in total. The first-order chi connectivity index (χ1) is 7.99. The van der Waals surface area contributed by atoms with Crippen LogP contribution in [0.25, 0.3) is 0 Å². The predicted molar refractivity (Wildman–Crippen MR) is 77.2 cm³/mol.